The number of hydrogen-bond donors (Lipinski definition) is 0. The lowest BCUT2D eigenvalue weighted by molar-refractivity contribution is -0.0778. The number of morpholine rings is 1. The summed E-state index contributed by atoms with van der Waals surface area (Å²) in [5.41, 5.74) is 2.11. The molecule has 2 atom stereocenters. The van der Waals surface area contributed by atoms with Gasteiger partial charge < -0.3 is 9.15 Å². The van der Waals surface area contributed by atoms with Gasteiger partial charge in [0.15, 0.2) is 0 Å². The standard InChI is InChI=1S/C16H21N3O2S/c1-11-6-4-5-7-14(11)15-17-19(16(22)21-15)10-18-8-12(2)20-13(3)9-18/h4-7,12-13H,8-10H2,1-3H3/t12-,13-/m0/s1. The van der Waals surface area contributed by atoms with E-state index in [0.29, 0.717) is 17.4 Å². The van der Waals surface area contributed by atoms with Crippen LogP contribution in [0.5, 0.6) is 0 Å². The first-order chi connectivity index (χ1) is 10.5. The van der Waals surface area contributed by atoms with Crippen LogP contribution in [-0.2, 0) is 11.4 Å². The Hall–Kier alpha value is -1.50. The van der Waals surface area contributed by atoms with Gasteiger partial charge in [-0.25, -0.2) is 4.68 Å². The van der Waals surface area contributed by atoms with Crippen LogP contribution in [0.25, 0.3) is 11.5 Å². The van der Waals surface area contributed by atoms with Crippen LogP contribution in [0.1, 0.15) is 19.4 Å². The minimum atomic E-state index is 0.223. The molecule has 1 aromatic heterocycles. The lowest BCUT2D eigenvalue weighted by atomic mass is 10.1. The van der Waals surface area contributed by atoms with Gasteiger partial charge in [0.05, 0.1) is 18.9 Å². The van der Waals surface area contributed by atoms with Gasteiger partial charge in [0.25, 0.3) is 4.84 Å². The number of aryl methyl sites for hydroxylation is 1. The molecule has 0 unspecified atom stereocenters. The first-order valence-electron chi connectivity index (χ1n) is 7.54. The molecular formula is C16H21N3O2S. The summed E-state index contributed by atoms with van der Waals surface area (Å²) in [5, 5.41) is 4.55. The van der Waals surface area contributed by atoms with Gasteiger partial charge in [0.2, 0.25) is 5.89 Å². The third-order valence-corrected chi connectivity index (χ3v) is 4.11. The highest BCUT2D eigenvalue weighted by Crippen LogP contribution is 2.22. The normalized spacial score (nSPS) is 22.9. The quantitative estimate of drug-likeness (QED) is 0.813. The van der Waals surface area contributed by atoms with Crippen molar-refractivity contribution in [2.45, 2.75) is 39.6 Å². The van der Waals surface area contributed by atoms with Gasteiger partial charge in [-0.15, -0.1) is 5.10 Å². The van der Waals surface area contributed by atoms with Gasteiger partial charge in [-0.1, -0.05) is 18.2 Å². The molecular weight excluding hydrogens is 298 g/mol. The molecule has 0 saturated carbocycles. The van der Waals surface area contributed by atoms with Gasteiger partial charge in [0.1, 0.15) is 0 Å². The first kappa shape index (κ1) is 15.4. The summed E-state index contributed by atoms with van der Waals surface area (Å²) < 4.78 is 13.2. The Labute approximate surface area is 135 Å². The average Bonchev–Trinajstić information content (AvgIpc) is 2.79. The minimum absolute atomic E-state index is 0.223. The second-order valence-electron chi connectivity index (χ2n) is 5.92. The summed E-state index contributed by atoms with van der Waals surface area (Å²) in [6.07, 6.45) is 0.446. The zero-order valence-electron chi connectivity index (χ0n) is 13.2. The number of nitrogens with zero attached hydrogens (tertiary/aromatic N) is 3. The van der Waals surface area contributed by atoms with E-state index in [1.807, 2.05) is 31.2 Å². The zero-order valence-corrected chi connectivity index (χ0v) is 14.0. The molecule has 2 heterocycles. The molecule has 0 amide bonds. The molecule has 0 N–H and O–H groups in total. The molecule has 1 saturated heterocycles. The van der Waals surface area contributed by atoms with E-state index in [4.69, 9.17) is 21.4 Å². The van der Waals surface area contributed by atoms with Crippen LogP contribution in [0.4, 0.5) is 0 Å². The topological polar surface area (TPSA) is 43.4 Å². The fourth-order valence-corrected chi connectivity index (χ4v) is 3.08. The van der Waals surface area contributed by atoms with Gasteiger partial charge in [-0.05, 0) is 44.6 Å². The Bertz CT molecular complexity index is 699. The van der Waals surface area contributed by atoms with Gasteiger partial charge >= 0.3 is 0 Å². The van der Waals surface area contributed by atoms with Crippen LogP contribution in [-0.4, -0.2) is 40.0 Å². The van der Waals surface area contributed by atoms with Gasteiger partial charge in [-0.3, -0.25) is 4.90 Å². The summed E-state index contributed by atoms with van der Waals surface area (Å²) in [6, 6.07) is 8.02. The Kier molecular flexibility index (Phi) is 4.42. The van der Waals surface area contributed by atoms with E-state index in [1.165, 1.54) is 0 Å². The van der Waals surface area contributed by atoms with Crippen LogP contribution in [0.15, 0.2) is 28.7 Å². The molecule has 1 fully saturated rings. The SMILES string of the molecule is Cc1ccccc1-c1nn(CN2C[C@H](C)O[C@@H](C)C2)c(=S)o1. The van der Waals surface area contributed by atoms with E-state index in [0.717, 1.165) is 24.2 Å². The van der Waals surface area contributed by atoms with Gasteiger partial charge in [0, 0.05) is 18.7 Å². The van der Waals surface area contributed by atoms with Crippen molar-refractivity contribution >= 4 is 12.2 Å². The Balaban J connectivity index is 1.81. The second-order valence-corrected chi connectivity index (χ2v) is 6.27. The highest BCUT2D eigenvalue weighted by molar-refractivity contribution is 7.71. The summed E-state index contributed by atoms with van der Waals surface area (Å²) in [6.45, 7) is 8.59. The van der Waals surface area contributed by atoms with E-state index in [-0.39, 0.29) is 12.2 Å². The predicted octanol–water partition coefficient (Wildman–Crippen LogP) is 3.25. The van der Waals surface area contributed by atoms with Crippen LogP contribution in [0, 0.1) is 11.8 Å². The lowest BCUT2D eigenvalue weighted by Crippen LogP contribution is -2.46. The van der Waals surface area contributed by atoms with Crippen molar-refractivity contribution in [2.24, 2.45) is 0 Å². The molecule has 6 heteroatoms. The smallest absolute Gasteiger partial charge is 0.288 e. The maximum Gasteiger partial charge on any atom is 0.288 e. The highest BCUT2D eigenvalue weighted by Gasteiger charge is 2.23. The van der Waals surface area contributed by atoms with Crippen LogP contribution in [0.2, 0.25) is 0 Å². The highest BCUT2D eigenvalue weighted by atomic mass is 32.1. The van der Waals surface area contributed by atoms with Crippen molar-refractivity contribution in [1.29, 1.82) is 0 Å². The summed E-state index contributed by atoms with van der Waals surface area (Å²) in [5.74, 6) is 0.581. The largest absolute Gasteiger partial charge is 0.409 e. The van der Waals surface area contributed by atoms with E-state index < -0.39 is 0 Å². The fourth-order valence-electron chi connectivity index (χ4n) is 2.91. The number of aromatic nitrogens is 2. The summed E-state index contributed by atoms with van der Waals surface area (Å²) >= 11 is 5.32. The van der Waals surface area contributed by atoms with Crippen LogP contribution < -0.4 is 0 Å². The van der Waals surface area contributed by atoms with E-state index in [2.05, 4.69) is 23.8 Å². The zero-order chi connectivity index (χ0) is 15.7. The molecule has 0 spiro atoms. The molecule has 3 rings (SSSR count). The van der Waals surface area contributed by atoms with Crippen molar-refractivity contribution in [3.63, 3.8) is 0 Å². The molecule has 118 valence electrons. The number of benzene rings is 1. The molecule has 0 bridgehead atoms. The molecule has 1 aliphatic heterocycles. The van der Waals surface area contributed by atoms with Crippen molar-refractivity contribution < 1.29 is 9.15 Å². The van der Waals surface area contributed by atoms with Crippen molar-refractivity contribution in [2.75, 3.05) is 13.1 Å². The van der Waals surface area contributed by atoms with Crippen molar-refractivity contribution in [3.05, 3.63) is 34.7 Å². The number of hydrogen-bond acceptors (Lipinski definition) is 5. The van der Waals surface area contributed by atoms with E-state index in [1.54, 1.807) is 4.68 Å². The summed E-state index contributed by atoms with van der Waals surface area (Å²) in [4.78, 5) is 2.70. The maximum atomic E-state index is 5.75. The Morgan fingerprint density at radius 3 is 2.59 bits per heavy atom. The number of ether oxygens (including phenoxy) is 1. The third-order valence-electron chi connectivity index (χ3n) is 3.81. The second kappa shape index (κ2) is 6.32. The summed E-state index contributed by atoms with van der Waals surface area (Å²) in [7, 11) is 0. The molecule has 2 aromatic rings. The third kappa shape index (κ3) is 3.29. The maximum absolute atomic E-state index is 5.75. The van der Waals surface area contributed by atoms with E-state index in [9.17, 15) is 0 Å². The van der Waals surface area contributed by atoms with Crippen LogP contribution in [0.3, 0.4) is 0 Å². The lowest BCUT2D eigenvalue weighted by Gasteiger charge is -2.34. The van der Waals surface area contributed by atoms with E-state index >= 15 is 0 Å². The number of rotatable bonds is 3. The molecule has 1 aliphatic rings. The van der Waals surface area contributed by atoms with Crippen molar-refractivity contribution in [3.8, 4) is 11.5 Å². The minimum Gasteiger partial charge on any atom is -0.409 e. The first-order valence-corrected chi connectivity index (χ1v) is 7.95. The molecule has 0 aliphatic carbocycles. The Morgan fingerprint density at radius 2 is 1.91 bits per heavy atom. The molecule has 22 heavy (non-hydrogen) atoms. The van der Waals surface area contributed by atoms with Crippen molar-refractivity contribution in [1.82, 2.24) is 14.7 Å². The molecule has 0 radical (unpaired) electrons. The molecule has 5 nitrogen and oxygen atoms in total. The van der Waals surface area contributed by atoms with Gasteiger partial charge in [-0.2, -0.15) is 0 Å². The average molecular weight is 319 g/mol. The fraction of sp³-hybridized carbons (Fsp3) is 0.500. The predicted molar refractivity (Wildman–Crippen MR) is 87.1 cm³/mol. The monoisotopic (exact) mass is 319 g/mol. The van der Waals surface area contributed by atoms with Crippen LogP contribution >= 0.6 is 12.2 Å². The molecule has 1 aromatic carbocycles. The Morgan fingerprint density at radius 1 is 1.23 bits per heavy atom.